The Morgan fingerprint density at radius 3 is 2.89 bits per heavy atom. The molecule has 2 heterocycles. The molecule has 1 amide bonds. The van der Waals surface area contributed by atoms with E-state index in [0.717, 1.165) is 37.2 Å². The highest BCUT2D eigenvalue weighted by Crippen LogP contribution is 2.16. The van der Waals surface area contributed by atoms with Crippen LogP contribution in [0.3, 0.4) is 0 Å². The molecular weight excluding hydrogens is 240 g/mol. The van der Waals surface area contributed by atoms with Gasteiger partial charge in [-0.2, -0.15) is 0 Å². The van der Waals surface area contributed by atoms with E-state index >= 15 is 0 Å². The molecule has 0 radical (unpaired) electrons. The van der Waals surface area contributed by atoms with Crippen LogP contribution in [0.4, 0.5) is 0 Å². The van der Waals surface area contributed by atoms with Gasteiger partial charge in [-0.15, -0.1) is 0 Å². The molecule has 0 unspecified atom stereocenters. The Morgan fingerprint density at radius 2 is 2.26 bits per heavy atom. The number of carbonyl (C=O) groups excluding carboxylic acids is 1. The monoisotopic (exact) mass is 262 g/mol. The molecule has 1 fully saturated rings. The molecular formula is C14H22N4O. The van der Waals surface area contributed by atoms with E-state index in [9.17, 15) is 4.79 Å². The SMILES string of the molecule is Cc1cccnc1CN(CC(N)=O)C1CCNCC1. The Balaban J connectivity index is 2.08. The number of nitrogens with two attached hydrogens (primary N) is 1. The zero-order valence-corrected chi connectivity index (χ0v) is 11.4. The fourth-order valence-corrected chi connectivity index (χ4v) is 2.56. The van der Waals surface area contributed by atoms with Crippen molar-refractivity contribution in [1.29, 1.82) is 0 Å². The second-order valence-corrected chi connectivity index (χ2v) is 5.12. The molecule has 0 saturated carbocycles. The van der Waals surface area contributed by atoms with Crippen LogP contribution in [0.15, 0.2) is 18.3 Å². The van der Waals surface area contributed by atoms with E-state index in [1.165, 1.54) is 0 Å². The van der Waals surface area contributed by atoms with E-state index in [1.54, 1.807) is 6.20 Å². The van der Waals surface area contributed by atoms with Crippen LogP contribution in [-0.4, -0.2) is 41.5 Å². The van der Waals surface area contributed by atoms with Crippen LogP contribution in [0.5, 0.6) is 0 Å². The lowest BCUT2D eigenvalue weighted by atomic mass is 10.0. The van der Waals surface area contributed by atoms with Crippen molar-refractivity contribution in [1.82, 2.24) is 15.2 Å². The summed E-state index contributed by atoms with van der Waals surface area (Å²) < 4.78 is 0. The van der Waals surface area contributed by atoms with E-state index in [4.69, 9.17) is 5.73 Å². The van der Waals surface area contributed by atoms with Crippen molar-refractivity contribution in [2.45, 2.75) is 32.4 Å². The summed E-state index contributed by atoms with van der Waals surface area (Å²) in [6.45, 7) is 5.05. The third-order valence-corrected chi connectivity index (χ3v) is 3.65. The van der Waals surface area contributed by atoms with Crippen LogP contribution in [-0.2, 0) is 11.3 Å². The summed E-state index contributed by atoms with van der Waals surface area (Å²) in [5.41, 5.74) is 7.56. The van der Waals surface area contributed by atoms with Crippen molar-refractivity contribution in [2.75, 3.05) is 19.6 Å². The Bertz CT molecular complexity index is 429. The second-order valence-electron chi connectivity index (χ2n) is 5.12. The number of piperidine rings is 1. The fourth-order valence-electron chi connectivity index (χ4n) is 2.56. The van der Waals surface area contributed by atoms with Crippen molar-refractivity contribution in [3.8, 4) is 0 Å². The molecule has 0 aliphatic carbocycles. The molecule has 0 spiro atoms. The van der Waals surface area contributed by atoms with Gasteiger partial charge in [-0.25, -0.2) is 0 Å². The lowest BCUT2D eigenvalue weighted by molar-refractivity contribution is -0.120. The maximum Gasteiger partial charge on any atom is 0.231 e. The predicted octanol–water partition coefficient (Wildman–Crippen LogP) is 0.429. The highest BCUT2D eigenvalue weighted by Gasteiger charge is 2.23. The first-order valence-corrected chi connectivity index (χ1v) is 6.80. The molecule has 0 aromatic carbocycles. The standard InChI is InChI=1S/C14H22N4O/c1-11-3-2-6-17-13(11)9-18(10-14(15)19)12-4-7-16-8-5-12/h2-3,6,12,16H,4-5,7-10H2,1H3,(H2,15,19). The number of hydrogen-bond acceptors (Lipinski definition) is 4. The van der Waals surface area contributed by atoms with Crippen LogP contribution >= 0.6 is 0 Å². The number of carbonyl (C=O) groups is 1. The van der Waals surface area contributed by atoms with Gasteiger partial charge in [0, 0.05) is 18.8 Å². The molecule has 3 N–H and O–H groups in total. The Kier molecular flexibility index (Phi) is 4.87. The smallest absolute Gasteiger partial charge is 0.231 e. The minimum atomic E-state index is -0.271. The molecule has 1 aromatic heterocycles. The molecule has 2 rings (SSSR count). The van der Waals surface area contributed by atoms with E-state index < -0.39 is 0 Å². The number of pyridine rings is 1. The van der Waals surface area contributed by atoms with Crippen LogP contribution < -0.4 is 11.1 Å². The van der Waals surface area contributed by atoms with E-state index in [1.807, 2.05) is 19.1 Å². The maximum absolute atomic E-state index is 11.3. The molecule has 0 bridgehead atoms. The summed E-state index contributed by atoms with van der Waals surface area (Å²) >= 11 is 0. The van der Waals surface area contributed by atoms with E-state index in [2.05, 4.69) is 15.2 Å². The van der Waals surface area contributed by atoms with Gasteiger partial charge in [0.25, 0.3) is 0 Å². The summed E-state index contributed by atoms with van der Waals surface area (Å²) in [6.07, 6.45) is 3.91. The normalized spacial score (nSPS) is 16.7. The van der Waals surface area contributed by atoms with E-state index in [0.29, 0.717) is 19.1 Å². The number of rotatable bonds is 5. The zero-order chi connectivity index (χ0) is 13.7. The number of primary amides is 1. The number of amides is 1. The Labute approximate surface area is 114 Å². The number of nitrogens with one attached hydrogen (secondary N) is 1. The molecule has 1 aliphatic rings. The Morgan fingerprint density at radius 1 is 1.53 bits per heavy atom. The first kappa shape index (κ1) is 14.0. The molecule has 5 nitrogen and oxygen atoms in total. The fraction of sp³-hybridized carbons (Fsp3) is 0.571. The van der Waals surface area contributed by atoms with Gasteiger partial charge in [-0.1, -0.05) is 6.07 Å². The third-order valence-electron chi connectivity index (χ3n) is 3.65. The van der Waals surface area contributed by atoms with Crippen molar-refractivity contribution in [3.05, 3.63) is 29.6 Å². The second kappa shape index (κ2) is 6.63. The van der Waals surface area contributed by atoms with Crippen molar-refractivity contribution in [3.63, 3.8) is 0 Å². The van der Waals surface area contributed by atoms with E-state index in [-0.39, 0.29) is 5.91 Å². The summed E-state index contributed by atoms with van der Waals surface area (Å²) in [7, 11) is 0. The molecule has 1 saturated heterocycles. The maximum atomic E-state index is 11.3. The molecule has 1 aliphatic heterocycles. The zero-order valence-electron chi connectivity index (χ0n) is 11.4. The lowest BCUT2D eigenvalue weighted by Crippen LogP contribution is -2.46. The van der Waals surface area contributed by atoms with Gasteiger partial charge in [0.2, 0.25) is 5.91 Å². The number of aryl methyl sites for hydroxylation is 1. The van der Waals surface area contributed by atoms with Gasteiger partial charge in [0.05, 0.1) is 12.2 Å². The predicted molar refractivity (Wildman–Crippen MR) is 74.5 cm³/mol. The minimum Gasteiger partial charge on any atom is -0.369 e. The van der Waals surface area contributed by atoms with Gasteiger partial charge in [-0.3, -0.25) is 14.7 Å². The van der Waals surface area contributed by atoms with Crippen LogP contribution in [0.2, 0.25) is 0 Å². The largest absolute Gasteiger partial charge is 0.369 e. The number of nitrogens with zero attached hydrogens (tertiary/aromatic N) is 2. The average Bonchev–Trinajstić information content (AvgIpc) is 2.41. The van der Waals surface area contributed by atoms with Crippen molar-refractivity contribution in [2.24, 2.45) is 5.73 Å². The quantitative estimate of drug-likeness (QED) is 0.807. The average molecular weight is 262 g/mol. The molecule has 19 heavy (non-hydrogen) atoms. The molecule has 0 atom stereocenters. The molecule has 5 heteroatoms. The van der Waals surface area contributed by atoms with Gasteiger partial charge in [0.15, 0.2) is 0 Å². The molecule has 104 valence electrons. The first-order valence-electron chi connectivity index (χ1n) is 6.80. The topological polar surface area (TPSA) is 71.2 Å². The number of aromatic nitrogens is 1. The van der Waals surface area contributed by atoms with Gasteiger partial charge >= 0.3 is 0 Å². The highest BCUT2D eigenvalue weighted by molar-refractivity contribution is 5.75. The van der Waals surface area contributed by atoms with Crippen LogP contribution in [0.25, 0.3) is 0 Å². The van der Waals surface area contributed by atoms with Crippen LogP contribution in [0.1, 0.15) is 24.1 Å². The summed E-state index contributed by atoms with van der Waals surface area (Å²) in [4.78, 5) is 17.8. The minimum absolute atomic E-state index is 0.271. The summed E-state index contributed by atoms with van der Waals surface area (Å²) in [5.74, 6) is -0.271. The third kappa shape index (κ3) is 4.01. The lowest BCUT2D eigenvalue weighted by Gasteiger charge is -2.33. The Hall–Kier alpha value is -1.46. The summed E-state index contributed by atoms with van der Waals surface area (Å²) in [5, 5.41) is 3.34. The highest BCUT2D eigenvalue weighted by atomic mass is 16.1. The van der Waals surface area contributed by atoms with Crippen molar-refractivity contribution >= 4 is 5.91 Å². The van der Waals surface area contributed by atoms with Crippen LogP contribution in [0, 0.1) is 6.92 Å². The summed E-state index contributed by atoms with van der Waals surface area (Å²) in [6, 6.07) is 4.39. The molecule has 1 aromatic rings. The van der Waals surface area contributed by atoms with Gasteiger partial charge < -0.3 is 11.1 Å². The van der Waals surface area contributed by atoms with Crippen molar-refractivity contribution < 1.29 is 4.79 Å². The van der Waals surface area contributed by atoms with Gasteiger partial charge in [-0.05, 0) is 44.5 Å². The van der Waals surface area contributed by atoms with Gasteiger partial charge in [0.1, 0.15) is 0 Å². The first-order chi connectivity index (χ1) is 9.16. The number of hydrogen-bond donors (Lipinski definition) is 2.